The summed E-state index contributed by atoms with van der Waals surface area (Å²) in [4.78, 5) is 16.0. The van der Waals surface area contributed by atoms with Crippen LogP contribution in [0.15, 0.2) is 18.2 Å². The van der Waals surface area contributed by atoms with E-state index in [9.17, 15) is 9.90 Å². The van der Waals surface area contributed by atoms with E-state index in [1.54, 1.807) is 12.1 Å². The number of nitrogens with zero attached hydrogens (tertiary/aromatic N) is 2. The number of carboxylic acid groups (broad SMARTS) is 1. The molecule has 1 fully saturated rings. The van der Waals surface area contributed by atoms with Crippen LogP contribution in [0.1, 0.15) is 35.9 Å². The molecule has 1 atom stereocenters. The number of hydrogen-bond donors (Lipinski definition) is 1. The van der Waals surface area contributed by atoms with Crippen molar-refractivity contribution in [2.75, 3.05) is 13.2 Å². The van der Waals surface area contributed by atoms with Crippen molar-refractivity contribution in [2.24, 2.45) is 5.92 Å². The van der Waals surface area contributed by atoms with Crippen LogP contribution in [0.5, 0.6) is 0 Å². The number of ether oxygens (including phenoxy) is 1. The zero-order chi connectivity index (χ0) is 14.8. The number of aromatic carboxylic acids is 1. The molecule has 0 aliphatic carbocycles. The number of benzene rings is 1. The minimum atomic E-state index is -0.919. The first-order chi connectivity index (χ1) is 10.2. The van der Waals surface area contributed by atoms with Crippen LogP contribution in [-0.4, -0.2) is 33.8 Å². The Hall–Kier alpha value is -1.88. The van der Waals surface area contributed by atoms with Crippen LogP contribution in [0, 0.1) is 5.92 Å². The lowest BCUT2D eigenvalue weighted by atomic mass is 10.1. The molecule has 0 spiro atoms. The average Bonchev–Trinajstić information content (AvgIpc) is 3.08. The van der Waals surface area contributed by atoms with Crippen molar-refractivity contribution in [1.82, 2.24) is 9.55 Å². The molecule has 5 nitrogen and oxygen atoms in total. The van der Waals surface area contributed by atoms with Gasteiger partial charge < -0.3 is 14.4 Å². The first-order valence-electron chi connectivity index (χ1n) is 7.50. The molecular weight excluding hydrogens is 268 g/mol. The van der Waals surface area contributed by atoms with E-state index < -0.39 is 5.97 Å². The Morgan fingerprint density at radius 3 is 3.05 bits per heavy atom. The van der Waals surface area contributed by atoms with Crippen LogP contribution in [0.3, 0.4) is 0 Å². The van der Waals surface area contributed by atoms with E-state index in [1.165, 1.54) is 0 Å². The smallest absolute Gasteiger partial charge is 0.337 e. The second kappa shape index (κ2) is 5.85. The van der Waals surface area contributed by atoms with Gasteiger partial charge in [0.1, 0.15) is 11.3 Å². The van der Waals surface area contributed by atoms with Gasteiger partial charge in [0, 0.05) is 25.5 Å². The van der Waals surface area contributed by atoms with Gasteiger partial charge in [-0.2, -0.15) is 0 Å². The topological polar surface area (TPSA) is 64.3 Å². The van der Waals surface area contributed by atoms with Crippen molar-refractivity contribution in [3.05, 3.63) is 29.6 Å². The van der Waals surface area contributed by atoms with E-state index in [-0.39, 0.29) is 5.56 Å². The van der Waals surface area contributed by atoms with Gasteiger partial charge in [-0.15, -0.1) is 0 Å². The molecule has 1 saturated heterocycles. The summed E-state index contributed by atoms with van der Waals surface area (Å²) in [7, 11) is 0. The Balaban J connectivity index is 2.08. The summed E-state index contributed by atoms with van der Waals surface area (Å²) in [5.41, 5.74) is 1.81. The van der Waals surface area contributed by atoms with Gasteiger partial charge in [-0.3, -0.25) is 0 Å². The largest absolute Gasteiger partial charge is 0.478 e. The normalized spacial score (nSPS) is 18.4. The molecule has 0 saturated carbocycles. The van der Waals surface area contributed by atoms with Gasteiger partial charge in [0.25, 0.3) is 0 Å². The predicted molar refractivity (Wildman–Crippen MR) is 79.6 cm³/mol. The molecule has 2 aromatic rings. The maximum Gasteiger partial charge on any atom is 0.337 e. The highest BCUT2D eigenvalue weighted by Gasteiger charge is 2.21. The van der Waals surface area contributed by atoms with Gasteiger partial charge >= 0.3 is 5.97 Å². The fourth-order valence-corrected chi connectivity index (χ4v) is 2.97. The monoisotopic (exact) mass is 288 g/mol. The van der Waals surface area contributed by atoms with Gasteiger partial charge in [0.05, 0.1) is 17.7 Å². The van der Waals surface area contributed by atoms with Crippen LogP contribution in [0.2, 0.25) is 0 Å². The SMILES string of the molecule is CCCc1nc2c(C(=O)O)cccc2n1CC1CCOC1. The second-order valence-electron chi connectivity index (χ2n) is 5.60. The third-order valence-electron chi connectivity index (χ3n) is 4.03. The van der Waals surface area contributed by atoms with Crippen molar-refractivity contribution in [3.8, 4) is 0 Å². The molecule has 5 heteroatoms. The molecule has 21 heavy (non-hydrogen) atoms. The Morgan fingerprint density at radius 1 is 1.52 bits per heavy atom. The fraction of sp³-hybridized carbons (Fsp3) is 0.500. The number of fused-ring (bicyclic) bond motifs is 1. The lowest BCUT2D eigenvalue weighted by Crippen LogP contribution is -2.13. The molecule has 1 aliphatic rings. The third-order valence-corrected chi connectivity index (χ3v) is 4.03. The molecule has 1 aromatic carbocycles. The van der Waals surface area contributed by atoms with Crippen LogP contribution in [0.25, 0.3) is 11.0 Å². The molecule has 2 heterocycles. The number of aromatic nitrogens is 2. The molecule has 0 amide bonds. The van der Waals surface area contributed by atoms with Crippen molar-refractivity contribution in [3.63, 3.8) is 0 Å². The highest BCUT2D eigenvalue weighted by Crippen LogP contribution is 2.24. The number of carbonyl (C=O) groups is 1. The van der Waals surface area contributed by atoms with Crippen LogP contribution in [-0.2, 0) is 17.7 Å². The van der Waals surface area contributed by atoms with Crippen molar-refractivity contribution in [2.45, 2.75) is 32.7 Å². The zero-order valence-corrected chi connectivity index (χ0v) is 12.2. The highest BCUT2D eigenvalue weighted by molar-refractivity contribution is 6.01. The van der Waals surface area contributed by atoms with E-state index in [2.05, 4.69) is 16.5 Å². The Labute approximate surface area is 123 Å². The van der Waals surface area contributed by atoms with Gasteiger partial charge in [-0.25, -0.2) is 9.78 Å². The maximum absolute atomic E-state index is 11.4. The molecule has 0 radical (unpaired) electrons. The van der Waals surface area contributed by atoms with Crippen molar-refractivity contribution in [1.29, 1.82) is 0 Å². The highest BCUT2D eigenvalue weighted by atomic mass is 16.5. The summed E-state index contributed by atoms with van der Waals surface area (Å²) in [5.74, 6) is 0.553. The molecule has 1 unspecified atom stereocenters. The molecule has 1 N–H and O–H groups in total. The van der Waals surface area contributed by atoms with Gasteiger partial charge in [-0.05, 0) is 25.0 Å². The minimum Gasteiger partial charge on any atom is -0.478 e. The number of hydrogen-bond acceptors (Lipinski definition) is 3. The minimum absolute atomic E-state index is 0.284. The first-order valence-corrected chi connectivity index (χ1v) is 7.50. The van der Waals surface area contributed by atoms with Gasteiger partial charge in [-0.1, -0.05) is 13.0 Å². The summed E-state index contributed by atoms with van der Waals surface area (Å²) < 4.78 is 7.64. The van der Waals surface area contributed by atoms with Crippen molar-refractivity contribution >= 4 is 17.0 Å². The summed E-state index contributed by atoms with van der Waals surface area (Å²) >= 11 is 0. The Kier molecular flexibility index (Phi) is 3.92. The fourth-order valence-electron chi connectivity index (χ4n) is 2.97. The Morgan fingerprint density at radius 2 is 2.38 bits per heavy atom. The molecule has 1 aliphatic heterocycles. The lowest BCUT2D eigenvalue weighted by Gasteiger charge is -2.13. The molecule has 0 bridgehead atoms. The molecule has 112 valence electrons. The summed E-state index contributed by atoms with van der Waals surface area (Å²) in [6.45, 7) is 4.57. The summed E-state index contributed by atoms with van der Waals surface area (Å²) in [5, 5.41) is 9.33. The van der Waals surface area contributed by atoms with Gasteiger partial charge in [0.15, 0.2) is 0 Å². The van der Waals surface area contributed by atoms with Gasteiger partial charge in [0.2, 0.25) is 0 Å². The van der Waals surface area contributed by atoms with Crippen LogP contribution >= 0.6 is 0 Å². The quantitative estimate of drug-likeness (QED) is 0.918. The lowest BCUT2D eigenvalue weighted by molar-refractivity contribution is 0.0699. The first kappa shape index (κ1) is 14.1. The molecule has 3 rings (SSSR count). The molecular formula is C16H20N2O3. The number of para-hydroxylation sites is 1. The number of imidazole rings is 1. The van der Waals surface area contributed by atoms with E-state index in [1.807, 2.05) is 6.07 Å². The van der Waals surface area contributed by atoms with E-state index in [0.29, 0.717) is 11.4 Å². The Bertz CT molecular complexity index is 657. The number of carboxylic acids is 1. The summed E-state index contributed by atoms with van der Waals surface area (Å²) in [6, 6.07) is 5.38. The van der Waals surface area contributed by atoms with E-state index >= 15 is 0 Å². The number of aryl methyl sites for hydroxylation is 1. The van der Waals surface area contributed by atoms with Crippen LogP contribution < -0.4 is 0 Å². The average molecular weight is 288 g/mol. The molecule has 1 aromatic heterocycles. The van der Waals surface area contributed by atoms with Crippen LogP contribution in [0.4, 0.5) is 0 Å². The second-order valence-corrected chi connectivity index (χ2v) is 5.60. The standard InChI is InChI=1S/C16H20N2O3/c1-2-4-14-17-15-12(16(19)20)5-3-6-13(15)18(14)9-11-7-8-21-10-11/h3,5-6,11H,2,4,7-10H2,1H3,(H,19,20). The van der Waals surface area contributed by atoms with E-state index in [4.69, 9.17) is 4.74 Å². The van der Waals surface area contributed by atoms with Crippen molar-refractivity contribution < 1.29 is 14.6 Å². The maximum atomic E-state index is 11.4. The third kappa shape index (κ3) is 2.65. The summed E-state index contributed by atoms with van der Waals surface area (Å²) in [6.07, 6.45) is 2.91. The predicted octanol–water partition coefficient (Wildman–Crippen LogP) is 2.72. The van der Waals surface area contributed by atoms with E-state index in [0.717, 1.165) is 50.4 Å². The zero-order valence-electron chi connectivity index (χ0n) is 12.2. The number of rotatable bonds is 5.